The van der Waals surface area contributed by atoms with Crippen molar-refractivity contribution in [3.8, 4) is 0 Å². The second-order valence-electron chi connectivity index (χ2n) is 5.75. The molecule has 106 valence electrons. The average molecular weight is 273 g/mol. The van der Waals surface area contributed by atoms with E-state index in [1.54, 1.807) is 6.33 Å². The molecule has 20 heavy (non-hydrogen) atoms. The molecule has 1 atom stereocenters. The Bertz CT molecular complexity index is 632. The van der Waals surface area contributed by atoms with Gasteiger partial charge in [0, 0.05) is 26.1 Å². The molecule has 2 aromatic heterocycles. The van der Waals surface area contributed by atoms with Crippen LogP contribution < -0.4 is 4.90 Å². The first-order chi connectivity index (χ1) is 9.83. The van der Waals surface area contributed by atoms with E-state index in [0.29, 0.717) is 5.92 Å². The molecule has 6 heteroatoms. The Morgan fingerprint density at radius 1 is 1.20 bits per heavy atom. The van der Waals surface area contributed by atoms with Gasteiger partial charge in [0.1, 0.15) is 12.2 Å². The van der Waals surface area contributed by atoms with Crippen LogP contribution >= 0.6 is 0 Å². The monoisotopic (exact) mass is 273 g/mol. The summed E-state index contributed by atoms with van der Waals surface area (Å²) in [5, 5.41) is 0. The lowest BCUT2D eigenvalue weighted by atomic mass is 10.0. The molecule has 0 N–H and O–H groups in total. The van der Waals surface area contributed by atoms with E-state index in [-0.39, 0.29) is 0 Å². The Balaban J connectivity index is 1.82. The quantitative estimate of drug-likeness (QED) is 0.782. The Hall–Kier alpha value is -1.69. The third kappa shape index (κ3) is 1.86. The first kappa shape index (κ1) is 12.1. The van der Waals surface area contributed by atoms with Crippen molar-refractivity contribution in [1.82, 2.24) is 19.5 Å². The van der Waals surface area contributed by atoms with Crippen molar-refractivity contribution < 1.29 is 4.74 Å². The molecule has 2 aromatic rings. The van der Waals surface area contributed by atoms with Crippen LogP contribution in [0.5, 0.6) is 0 Å². The maximum Gasteiger partial charge on any atom is 0.165 e. The molecular formula is C14H19N5O. The molecular weight excluding hydrogens is 254 g/mol. The summed E-state index contributed by atoms with van der Waals surface area (Å²) in [6, 6.07) is 0. The highest BCUT2D eigenvalue weighted by Gasteiger charge is 2.24. The van der Waals surface area contributed by atoms with Gasteiger partial charge in [-0.3, -0.25) is 0 Å². The number of ether oxygens (including phenoxy) is 1. The van der Waals surface area contributed by atoms with E-state index in [9.17, 15) is 0 Å². The second kappa shape index (κ2) is 4.70. The molecule has 2 aliphatic heterocycles. The van der Waals surface area contributed by atoms with E-state index in [1.165, 1.54) is 6.42 Å². The fourth-order valence-electron chi connectivity index (χ4n) is 3.13. The van der Waals surface area contributed by atoms with E-state index >= 15 is 0 Å². The van der Waals surface area contributed by atoms with Gasteiger partial charge in [0.2, 0.25) is 0 Å². The minimum Gasteiger partial charge on any atom is -0.378 e. The third-order valence-electron chi connectivity index (χ3n) is 4.28. The highest BCUT2D eigenvalue weighted by molar-refractivity contribution is 5.84. The Morgan fingerprint density at radius 2 is 2.05 bits per heavy atom. The van der Waals surface area contributed by atoms with Gasteiger partial charge in [-0.1, -0.05) is 6.92 Å². The molecule has 1 saturated heterocycles. The van der Waals surface area contributed by atoms with Gasteiger partial charge in [-0.25, -0.2) is 15.0 Å². The van der Waals surface area contributed by atoms with Crippen molar-refractivity contribution in [2.45, 2.75) is 26.3 Å². The van der Waals surface area contributed by atoms with Gasteiger partial charge in [0.15, 0.2) is 17.0 Å². The molecule has 0 bridgehead atoms. The predicted octanol–water partition coefficient (Wildman–Crippen LogP) is 1.25. The largest absolute Gasteiger partial charge is 0.378 e. The zero-order valence-electron chi connectivity index (χ0n) is 11.7. The van der Waals surface area contributed by atoms with Crippen molar-refractivity contribution in [2.24, 2.45) is 5.92 Å². The molecule has 4 heterocycles. The average Bonchev–Trinajstić information content (AvgIpc) is 2.85. The highest BCUT2D eigenvalue weighted by atomic mass is 16.5. The first-order valence-electron chi connectivity index (χ1n) is 7.36. The zero-order chi connectivity index (χ0) is 13.5. The van der Waals surface area contributed by atoms with Crippen LogP contribution in [0.25, 0.3) is 11.2 Å². The lowest BCUT2D eigenvalue weighted by Crippen LogP contribution is -2.36. The van der Waals surface area contributed by atoms with Crippen molar-refractivity contribution in [3.05, 3.63) is 12.2 Å². The number of hydrogen-bond donors (Lipinski definition) is 0. The summed E-state index contributed by atoms with van der Waals surface area (Å²) in [5.41, 5.74) is 1.95. The van der Waals surface area contributed by atoms with Gasteiger partial charge in [-0.15, -0.1) is 0 Å². The number of rotatable bonds is 1. The number of aromatic nitrogens is 4. The van der Waals surface area contributed by atoms with Gasteiger partial charge in [0.25, 0.3) is 0 Å². The van der Waals surface area contributed by atoms with E-state index < -0.39 is 0 Å². The number of imidazole rings is 1. The number of nitrogens with zero attached hydrogens (tertiary/aromatic N) is 5. The minimum absolute atomic E-state index is 0.708. The first-order valence-corrected chi connectivity index (χ1v) is 7.36. The SMILES string of the molecule is C[C@@H]1CCn2c(nc3c(N4CCOCC4)ncnc32)C1. The summed E-state index contributed by atoms with van der Waals surface area (Å²) < 4.78 is 7.68. The van der Waals surface area contributed by atoms with Crippen LogP contribution in [0.4, 0.5) is 5.82 Å². The molecule has 0 radical (unpaired) electrons. The fraction of sp³-hybridized carbons (Fsp3) is 0.643. The van der Waals surface area contributed by atoms with Crippen molar-refractivity contribution in [1.29, 1.82) is 0 Å². The molecule has 6 nitrogen and oxygen atoms in total. The molecule has 1 fully saturated rings. The normalized spacial score (nSPS) is 23.1. The number of morpholine rings is 1. The minimum atomic E-state index is 0.708. The van der Waals surface area contributed by atoms with Gasteiger partial charge in [-0.2, -0.15) is 0 Å². The lowest BCUT2D eigenvalue weighted by Gasteiger charge is -2.27. The third-order valence-corrected chi connectivity index (χ3v) is 4.28. The number of fused-ring (bicyclic) bond motifs is 3. The summed E-state index contributed by atoms with van der Waals surface area (Å²) in [7, 11) is 0. The lowest BCUT2D eigenvalue weighted by molar-refractivity contribution is 0.122. The second-order valence-corrected chi connectivity index (χ2v) is 5.75. The van der Waals surface area contributed by atoms with Gasteiger partial charge in [0.05, 0.1) is 13.2 Å². The summed E-state index contributed by atoms with van der Waals surface area (Å²) in [5.74, 6) is 2.83. The standard InChI is InChI=1S/C14H19N5O/c1-10-2-3-19-11(8-10)17-12-13(15-9-16-14(12)19)18-4-6-20-7-5-18/h9-10H,2-8H2,1H3/t10-/m1/s1. The molecule has 0 amide bonds. The summed E-state index contributed by atoms with van der Waals surface area (Å²) in [4.78, 5) is 16.0. The molecule has 4 rings (SSSR count). The summed E-state index contributed by atoms with van der Waals surface area (Å²) in [6.07, 6.45) is 3.91. The van der Waals surface area contributed by atoms with Gasteiger partial charge >= 0.3 is 0 Å². The zero-order valence-corrected chi connectivity index (χ0v) is 11.7. The summed E-state index contributed by atoms with van der Waals surface area (Å²) >= 11 is 0. The van der Waals surface area contributed by atoms with Crippen LogP contribution in [0.15, 0.2) is 6.33 Å². The molecule has 0 aromatic carbocycles. The Labute approximate surface area is 117 Å². The number of aryl methyl sites for hydroxylation is 1. The van der Waals surface area contributed by atoms with Crippen molar-refractivity contribution in [3.63, 3.8) is 0 Å². The highest BCUT2D eigenvalue weighted by Crippen LogP contribution is 2.28. The van der Waals surface area contributed by atoms with Crippen molar-refractivity contribution in [2.75, 3.05) is 31.2 Å². The van der Waals surface area contributed by atoms with E-state index in [0.717, 1.165) is 62.1 Å². The number of hydrogen-bond acceptors (Lipinski definition) is 5. The van der Waals surface area contributed by atoms with E-state index in [4.69, 9.17) is 9.72 Å². The van der Waals surface area contributed by atoms with Crippen LogP contribution in [-0.4, -0.2) is 45.8 Å². The van der Waals surface area contributed by atoms with E-state index in [1.807, 2.05) is 0 Å². The smallest absolute Gasteiger partial charge is 0.165 e. The van der Waals surface area contributed by atoms with Crippen LogP contribution in [0.1, 0.15) is 19.2 Å². The molecule has 0 saturated carbocycles. The van der Waals surface area contributed by atoms with Crippen molar-refractivity contribution >= 4 is 17.0 Å². The summed E-state index contributed by atoms with van der Waals surface area (Å²) in [6.45, 7) is 6.59. The van der Waals surface area contributed by atoms with Gasteiger partial charge in [-0.05, 0) is 12.3 Å². The Morgan fingerprint density at radius 3 is 2.90 bits per heavy atom. The van der Waals surface area contributed by atoms with Crippen LogP contribution in [0, 0.1) is 5.92 Å². The van der Waals surface area contributed by atoms with Crippen LogP contribution in [-0.2, 0) is 17.7 Å². The van der Waals surface area contributed by atoms with Crippen LogP contribution in [0.3, 0.4) is 0 Å². The number of anilines is 1. The van der Waals surface area contributed by atoms with Gasteiger partial charge < -0.3 is 14.2 Å². The molecule has 0 spiro atoms. The molecule has 2 aliphatic rings. The molecule has 0 aliphatic carbocycles. The van der Waals surface area contributed by atoms with E-state index in [2.05, 4.69) is 26.4 Å². The fourth-order valence-corrected chi connectivity index (χ4v) is 3.13. The van der Waals surface area contributed by atoms with Crippen LogP contribution in [0.2, 0.25) is 0 Å². The molecule has 0 unspecified atom stereocenters. The Kier molecular flexibility index (Phi) is 2.84. The maximum absolute atomic E-state index is 5.42. The predicted molar refractivity (Wildman–Crippen MR) is 75.8 cm³/mol. The topological polar surface area (TPSA) is 56.1 Å². The maximum atomic E-state index is 5.42.